The van der Waals surface area contributed by atoms with Gasteiger partial charge in [0.05, 0.1) is 6.61 Å². The van der Waals surface area contributed by atoms with E-state index in [1.54, 1.807) is 0 Å². The van der Waals surface area contributed by atoms with E-state index in [-0.39, 0.29) is 12.4 Å². The Hall–Kier alpha value is -0.600. The second-order valence-corrected chi connectivity index (χ2v) is 4.87. The van der Waals surface area contributed by atoms with Gasteiger partial charge in [0.25, 0.3) is 0 Å². The van der Waals surface area contributed by atoms with Gasteiger partial charge in [-0.2, -0.15) is 0 Å². The summed E-state index contributed by atoms with van der Waals surface area (Å²) in [6.45, 7) is 10.9. The molecule has 0 spiro atoms. The van der Waals surface area contributed by atoms with Gasteiger partial charge in [0.15, 0.2) is 6.29 Å². The maximum Gasteiger partial charge on any atom is 0.158 e. The average molecular weight is 224 g/mol. The molecular formula is C14H24O2. The van der Waals surface area contributed by atoms with Gasteiger partial charge in [0.2, 0.25) is 0 Å². The lowest BCUT2D eigenvalue weighted by Crippen LogP contribution is -2.14. The molecule has 92 valence electrons. The van der Waals surface area contributed by atoms with Crippen molar-refractivity contribution in [3.8, 4) is 0 Å². The molecule has 1 rings (SSSR count). The van der Waals surface area contributed by atoms with Crippen LogP contribution in [0, 0.1) is 5.92 Å². The maximum absolute atomic E-state index is 5.65. The molecule has 2 heteroatoms. The van der Waals surface area contributed by atoms with E-state index in [4.69, 9.17) is 9.47 Å². The van der Waals surface area contributed by atoms with Crippen LogP contribution in [0.4, 0.5) is 0 Å². The fraction of sp³-hybridized carbons (Fsp3) is 0.714. The molecule has 0 radical (unpaired) electrons. The zero-order valence-electron chi connectivity index (χ0n) is 10.7. The first-order valence-electron chi connectivity index (χ1n) is 6.14. The van der Waals surface area contributed by atoms with Crippen LogP contribution in [0.25, 0.3) is 0 Å². The Morgan fingerprint density at radius 3 is 2.81 bits per heavy atom. The smallest absolute Gasteiger partial charge is 0.158 e. The van der Waals surface area contributed by atoms with Crippen molar-refractivity contribution in [2.75, 3.05) is 6.61 Å². The standard InChI is InChI=1S/C14H24O2/c1-5-13-10-15-14(16-13)9-12(4)8-6-7-11(2)3/h5,7,12-14H,1,6,8-10H2,2-4H3. The SMILES string of the molecule is C=CC1COC(CC(C)CCC=C(C)C)O1. The molecule has 3 atom stereocenters. The highest BCUT2D eigenvalue weighted by Crippen LogP contribution is 2.22. The topological polar surface area (TPSA) is 18.5 Å². The second-order valence-electron chi connectivity index (χ2n) is 4.87. The molecule has 0 amide bonds. The van der Waals surface area contributed by atoms with Gasteiger partial charge in [-0.1, -0.05) is 24.6 Å². The molecule has 0 aromatic carbocycles. The Bertz CT molecular complexity index is 241. The summed E-state index contributed by atoms with van der Waals surface area (Å²) in [5.74, 6) is 0.643. The molecule has 0 aliphatic carbocycles. The molecule has 16 heavy (non-hydrogen) atoms. The summed E-state index contributed by atoms with van der Waals surface area (Å²) in [4.78, 5) is 0. The number of ether oxygens (including phenoxy) is 2. The first-order chi connectivity index (χ1) is 7.61. The molecule has 1 fully saturated rings. The van der Waals surface area contributed by atoms with E-state index in [0.29, 0.717) is 12.5 Å². The third-order valence-corrected chi connectivity index (χ3v) is 2.84. The van der Waals surface area contributed by atoms with Gasteiger partial charge in [-0.05, 0) is 32.6 Å². The summed E-state index contributed by atoms with van der Waals surface area (Å²) in [7, 11) is 0. The quantitative estimate of drug-likeness (QED) is 0.641. The van der Waals surface area contributed by atoms with Crippen LogP contribution < -0.4 is 0 Å². The third kappa shape index (κ3) is 4.95. The average Bonchev–Trinajstić information content (AvgIpc) is 2.65. The number of hydrogen-bond acceptors (Lipinski definition) is 2. The van der Waals surface area contributed by atoms with E-state index >= 15 is 0 Å². The molecule has 1 aliphatic heterocycles. The molecule has 0 aromatic heterocycles. The van der Waals surface area contributed by atoms with Crippen LogP contribution in [0.15, 0.2) is 24.3 Å². The van der Waals surface area contributed by atoms with Crippen LogP contribution in [-0.4, -0.2) is 19.0 Å². The van der Waals surface area contributed by atoms with Gasteiger partial charge in [-0.3, -0.25) is 0 Å². The summed E-state index contributed by atoms with van der Waals surface area (Å²) in [5, 5.41) is 0. The van der Waals surface area contributed by atoms with Gasteiger partial charge < -0.3 is 9.47 Å². The summed E-state index contributed by atoms with van der Waals surface area (Å²) in [6, 6.07) is 0. The number of hydrogen-bond donors (Lipinski definition) is 0. The Morgan fingerprint density at radius 1 is 1.50 bits per heavy atom. The summed E-state index contributed by atoms with van der Waals surface area (Å²) >= 11 is 0. The van der Waals surface area contributed by atoms with Crippen LogP contribution in [0.5, 0.6) is 0 Å². The Balaban J connectivity index is 2.17. The molecule has 1 saturated heterocycles. The van der Waals surface area contributed by atoms with E-state index in [0.717, 1.165) is 12.8 Å². The first-order valence-corrected chi connectivity index (χ1v) is 6.14. The van der Waals surface area contributed by atoms with Gasteiger partial charge >= 0.3 is 0 Å². The Labute approximate surface area is 99.3 Å². The highest BCUT2D eigenvalue weighted by molar-refractivity contribution is 4.92. The van der Waals surface area contributed by atoms with Gasteiger partial charge in [-0.15, -0.1) is 6.58 Å². The van der Waals surface area contributed by atoms with Gasteiger partial charge in [0, 0.05) is 6.42 Å². The number of allylic oxidation sites excluding steroid dienone is 2. The summed E-state index contributed by atoms with van der Waals surface area (Å²) < 4.78 is 11.2. The molecule has 3 unspecified atom stereocenters. The minimum Gasteiger partial charge on any atom is -0.350 e. The normalized spacial score (nSPS) is 26.4. The van der Waals surface area contributed by atoms with Crippen molar-refractivity contribution in [1.29, 1.82) is 0 Å². The van der Waals surface area contributed by atoms with E-state index in [1.165, 1.54) is 12.0 Å². The van der Waals surface area contributed by atoms with Gasteiger partial charge in [0.1, 0.15) is 6.10 Å². The van der Waals surface area contributed by atoms with Crippen molar-refractivity contribution < 1.29 is 9.47 Å². The molecule has 0 N–H and O–H groups in total. The van der Waals surface area contributed by atoms with Crippen molar-refractivity contribution in [3.63, 3.8) is 0 Å². The Kier molecular flexibility index (Phi) is 5.78. The number of rotatable bonds is 6. The Morgan fingerprint density at radius 2 is 2.25 bits per heavy atom. The molecule has 0 aromatic rings. The zero-order valence-corrected chi connectivity index (χ0v) is 10.7. The lowest BCUT2D eigenvalue weighted by molar-refractivity contribution is -0.0643. The zero-order chi connectivity index (χ0) is 12.0. The molecule has 1 aliphatic rings. The highest BCUT2D eigenvalue weighted by atomic mass is 16.7. The second kappa shape index (κ2) is 6.87. The maximum atomic E-state index is 5.65. The van der Waals surface area contributed by atoms with Gasteiger partial charge in [-0.25, -0.2) is 0 Å². The van der Waals surface area contributed by atoms with Crippen molar-refractivity contribution in [3.05, 3.63) is 24.3 Å². The molecule has 0 bridgehead atoms. The highest BCUT2D eigenvalue weighted by Gasteiger charge is 2.24. The fourth-order valence-corrected chi connectivity index (χ4v) is 1.83. The lowest BCUT2D eigenvalue weighted by Gasteiger charge is -2.15. The van der Waals surface area contributed by atoms with E-state index in [2.05, 4.69) is 33.4 Å². The lowest BCUT2D eigenvalue weighted by atomic mass is 10.0. The minimum absolute atomic E-state index is 0.0234. The summed E-state index contributed by atoms with van der Waals surface area (Å²) in [6.07, 6.45) is 7.52. The van der Waals surface area contributed by atoms with Crippen LogP contribution in [0.1, 0.15) is 40.0 Å². The van der Waals surface area contributed by atoms with Crippen molar-refractivity contribution >= 4 is 0 Å². The summed E-state index contributed by atoms with van der Waals surface area (Å²) in [5.41, 5.74) is 1.40. The van der Waals surface area contributed by atoms with E-state index in [1.807, 2.05) is 6.08 Å². The minimum atomic E-state index is -0.0234. The molecule has 1 heterocycles. The predicted molar refractivity (Wildman–Crippen MR) is 67.3 cm³/mol. The molecule has 2 nitrogen and oxygen atoms in total. The van der Waals surface area contributed by atoms with Crippen molar-refractivity contribution in [2.24, 2.45) is 5.92 Å². The van der Waals surface area contributed by atoms with Crippen LogP contribution in [-0.2, 0) is 9.47 Å². The van der Waals surface area contributed by atoms with Crippen molar-refractivity contribution in [1.82, 2.24) is 0 Å². The van der Waals surface area contributed by atoms with Crippen LogP contribution in [0.2, 0.25) is 0 Å². The van der Waals surface area contributed by atoms with Crippen LogP contribution >= 0.6 is 0 Å². The third-order valence-electron chi connectivity index (χ3n) is 2.84. The monoisotopic (exact) mass is 224 g/mol. The fourth-order valence-electron chi connectivity index (χ4n) is 1.83. The molecule has 0 saturated carbocycles. The molecular weight excluding hydrogens is 200 g/mol. The van der Waals surface area contributed by atoms with Crippen molar-refractivity contribution in [2.45, 2.75) is 52.4 Å². The van der Waals surface area contributed by atoms with E-state index < -0.39 is 0 Å². The first kappa shape index (κ1) is 13.5. The predicted octanol–water partition coefficient (Wildman–Crippen LogP) is 3.69. The largest absolute Gasteiger partial charge is 0.350 e. The van der Waals surface area contributed by atoms with Crippen LogP contribution in [0.3, 0.4) is 0 Å². The van der Waals surface area contributed by atoms with E-state index in [9.17, 15) is 0 Å².